The van der Waals surface area contributed by atoms with Crippen molar-refractivity contribution < 1.29 is 10.2 Å². The van der Waals surface area contributed by atoms with Crippen LogP contribution in [-0.4, -0.2) is 16.5 Å². The molecule has 0 aromatic heterocycles. The Bertz CT molecular complexity index is 208. The molecule has 0 aliphatic heterocycles. The number of hydrogen-bond donors (Lipinski definition) is 2. The third kappa shape index (κ3) is 1.82. The molecule has 2 fully saturated rings. The molecule has 3 atom stereocenters. The first-order valence-corrected chi connectivity index (χ1v) is 5.90. The van der Waals surface area contributed by atoms with E-state index in [9.17, 15) is 10.2 Å². The number of rotatable bonds is 2. The molecule has 0 amide bonds. The summed E-state index contributed by atoms with van der Waals surface area (Å²) in [5, 5.41) is 18.4. The van der Waals surface area contributed by atoms with Crippen LogP contribution in [0.25, 0.3) is 0 Å². The third-order valence-corrected chi connectivity index (χ3v) is 4.60. The molecule has 14 heavy (non-hydrogen) atoms. The minimum atomic E-state index is -1.13. The van der Waals surface area contributed by atoms with Crippen molar-refractivity contribution in [3.8, 4) is 0 Å². The Hall–Kier alpha value is -0.0800. The van der Waals surface area contributed by atoms with Crippen molar-refractivity contribution in [2.45, 2.75) is 52.2 Å². The van der Waals surface area contributed by atoms with Crippen LogP contribution < -0.4 is 0 Å². The smallest absolute Gasteiger partial charge is 0.154 e. The second-order valence-corrected chi connectivity index (χ2v) is 5.66. The van der Waals surface area contributed by atoms with Crippen LogP contribution in [-0.2, 0) is 0 Å². The predicted octanol–water partition coefficient (Wildman–Crippen LogP) is 2.15. The lowest BCUT2D eigenvalue weighted by molar-refractivity contribution is -0.108. The molecule has 2 saturated carbocycles. The maximum absolute atomic E-state index is 9.19. The Morgan fingerprint density at radius 2 is 1.86 bits per heavy atom. The average molecular weight is 198 g/mol. The van der Waals surface area contributed by atoms with Gasteiger partial charge in [-0.1, -0.05) is 13.8 Å². The van der Waals surface area contributed by atoms with E-state index < -0.39 is 6.29 Å². The minimum absolute atomic E-state index is 0.0427. The van der Waals surface area contributed by atoms with Crippen LogP contribution in [0.2, 0.25) is 0 Å². The fraction of sp³-hybridized carbons (Fsp3) is 1.00. The maximum Gasteiger partial charge on any atom is 0.154 e. The molecular formula is C12H22O2. The van der Waals surface area contributed by atoms with Crippen LogP contribution in [0.5, 0.6) is 0 Å². The van der Waals surface area contributed by atoms with Gasteiger partial charge in [0.15, 0.2) is 6.29 Å². The van der Waals surface area contributed by atoms with E-state index >= 15 is 0 Å². The van der Waals surface area contributed by atoms with Crippen molar-refractivity contribution in [2.75, 3.05) is 0 Å². The van der Waals surface area contributed by atoms with Gasteiger partial charge >= 0.3 is 0 Å². The zero-order valence-corrected chi connectivity index (χ0v) is 9.24. The summed E-state index contributed by atoms with van der Waals surface area (Å²) >= 11 is 0. The first-order chi connectivity index (χ1) is 6.54. The molecule has 0 aromatic rings. The lowest BCUT2D eigenvalue weighted by atomic mass is 9.68. The molecule has 2 aliphatic rings. The molecule has 0 saturated heterocycles. The highest BCUT2D eigenvalue weighted by Gasteiger charge is 2.48. The minimum Gasteiger partial charge on any atom is -0.368 e. The highest BCUT2D eigenvalue weighted by Crippen LogP contribution is 2.59. The highest BCUT2D eigenvalue weighted by atomic mass is 16.5. The van der Waals surface area contributed by atoms with E-state index in [4.69, 9.17) is 0 Å². The monoisotopic (exact) mass is 198 g/mol. The molecule has 1 spiro atoms. The van der Waals surface area contributed by atoms with E-state index in [1.54, 1.807) is 0 Å². The average Bonchev–Trinajstić information content (AvgIpc) is 2.84. The van der Waals surface area contributed by atoms with Crippen LogP contribution in [0.3, 0.4) is 0 Å². The quantitative estimate of drug-likeness (QED) is 0.667. The van der Waals surface area contributed by atoms with E-state index in [0.717, 1.165) is 0 Å². The fourth-order valence-corrected chi connectivity index (χ4v) is 3.33. The van der Waals surface area contributed by atoms with Crippen LogP contribution in [0.4, 0.5) is 0 Å². The van der Waals surface area contributed by atoms with Crippen molar-refractivity contribution in [2.24, 2.45) is 23.2 Å². The SMILES string of the molecule is CC1CC2(CCC1C(C)C(O)O)CC2. The summed E-state index contributed by atoms with van der Waals surface area (Å²) in [5.41, 5.74) is 0.691. The molecule has 2 N–H and O–H groups in total. The van der Waals surface area contributed by atoms with Gasteiger partial charge in [-0.25, -0.2) is 0 Å². The summed E-state index contributed by atoms with van der Waals surface area (Å²) in [5.74, 6) is 1.23. The van der Waals surface area contributed by atoms with Crippen LogP contribution >= 0.6 is 0 Å². The van der Waals surface area contributed by atoms with Gasteiger partial charge in [-0.05, 0) is 49.4 Å². The van der Waals surface area contributed by atoms with Gasteiger partial charge in [0.05, 0.1) is 0 Å². The zero-order chi connectivity index (χ0) is 10.3. The van der Waals surface area contributed by atoms with Gasteiger partial charge in [-0.3, -0.25) is 0 Å². The molecule has 2 heteroatoms. The summed E-state index contributed by atoms with van der Waals surface area (Å²) in [6.07, 6.45) is 5.53. The van der Waals surface area contributed by atoms with E-state index in [-0.39, 0.29) is 5.92 Å². The van der Waals surface area contributed by atoms with E-state index in [1.165, 1.54) is 32.1 Å². The Morgan fingerprint density at radius 3 is 2.29 bits per heavy atom. The fourth-order valence-electron chi connectivity index (χ4n) is 3.33. The van der Waals surface area contributed by atoms with E-state index in [2.05, 4.69) is 6.92 Å². The second kappa shape index (κ2) is 3.49. The third-order valence-electron chi connectivity index (χ3n) is 4.60. The number of aliphatic hydroxyl groups is 2. The number of aliphatic hydroxyl groups excluding tert-OH is 1. The van der Waals surface area contributed by atoms with Crippen molar-refractivity contribution in [1.82, 2.24) is 0 Å². The van der Waals surface area contributed by atoms with Gasteiger partial charge in [0.1, 0.15) is 0 Å². The predicted molar refractivity (Wildman–Crippen MR) is 55.6 cm³/mol. The summed E-state index contributed by atoms with van der Waals surface area (Å²) in [6, 6.07) is 0. The summed E-state index contributed by atoms with van der Waals surface area (Å²) in [4.78, 5) is 0. The molecule has 2 aliphatic carbocycles. The Labute approximate surface area is 86.3 Å². The van der Waals surface area contributed by atoms with Gasteiger partial charge in [0.2, 0.25) is 0 Å². The Morgan fingerprint density at radius 1 is 1.21 bits per heavy atom. The summed E-state index contributed by atoms with van der Waals surface area (Å²) in [7, 11) is 0. The Balaban J connectivity index is 1.94. The van der Waals surface area contributed by atoms with Gasteiger partial charge in [0, 0.05) is 5.92 Å². The van der Waals surface area contributed by atoms with Crippen LogP contribution in [0.1, 0.15) is 46.0 Å². The lowest BCUT2D eigenvalue weighted by Gasteiger charge is -2.38. The van der Waals surface area contributed by atoms with E-state index in [0.29, 0.717) is 17.3 Å². The normalized spacial score (nSPS) is 37.5. The molecule has 3 unspecified atom stereocenters. The van der Waals surface area contributed by atoms with Gasteiger partial charge in [0.25, 0.3) is 0 Å². The van der Waals surface area contributed by atoms with Gasteiger partial charge in [-0.15, -0.1) is 0 Å². The molecule has 2 rings (SSSR count). The van der Waals surface area contributed by atoms with Crippen LogP contribution in [0, 0.1) is 23.2 Å². The molecule has 0 radical (unpaired) electrons. The topological polar surface area (TPSA) is 40.5 Å². The standard InChI is InChI=1S/C12H22O2/c1-8-7-12(5-6-12)4-3-10(8)9(2)11(13)14/h8-11,13-14H,3-7H2,1-2H3. The van der Waals surface area contributed by atoms with Crippen molar-refractivity contribution in [1.29, 1.82) is 0 Å². The van der Waals surface area contributed by atoms with Gasteiger partial charge < -0.3 is 10.2 Å². The molecule has 2 nitrogen and oxygen atoms in total. The number of hydrogen-bond acceptors (Lipinski definition) is 2. The molecule has 0 aromatic carbocycles. The zero-order valence-electron chi connectivity index (χ0n) is 9.24. The lowest BCUT2D eigenvalue weighted by Crippen LogP contribution is -2.34. The van der Waals surface area contributed by atoms with Crippen LogP contribution in [0.15, 0.2) is 0 Å². The highest BCUT2D eigenvalue weighted by molar-refractivity contribution is 4.99. The maximum atomic E-state index is 9.19. The van der Waals surface area contributed by atoms with Gasteiger partial charge in [-0.2, -0.15) is 0 Å². The largest absolute Gasteiger partial charge is 0.368 e. The van der Waals surface area contributed by atoms with E-state index in [1.807, 2.05) is 6.92 Å². The second-order valence-electron chi connectivity index (χ2n) is 5.66. The Kier molecular flexibility index (Phi) is 2.61. The molecule has 0 heterocycles. The van der Waals surface area contributed by atoms with Crippen molar-refractivity contribution in [3.05, 3.63) is 0 Å². The first-order valence-electron chi connectivity index (χ1n) is 5.90. The first kappa shape index (κ1) is 10.4. The van der Waals surface area contributed by atoms with Crippen molar-refractivity contribution in [3.63, 3.8) is 0 Å². The summed E-state index contributed by atoms with van der Waals surface area (Å²) < 4.78 is 0. The molecule has 82 valence electrons. The van der Waals surface area contributed by atoms with Crippen molar-refractivity contribution >= 4 is 0 Å². The molecular weight excluding hydrogens is 176 g/mol. The molecule has 0 bridgehead atoms. The summed E-state index contributed by atoms with van der Waals surface area (Å²) in [6.45, 7) is 4.25.